The molecule has 0 nitrogen and oxygen atoms in total. The molecule has 0 amide bonds. The van der Waals surface area contributed by atoms with Crippen molar-refractivity contribution in [3.8, 4) is 0 Å². The van der Waals surface area contributed by atoms with Crippen molar-refractivity contribution in [2.24, 2.45) is 0 Å². The van der Waals surface area contributed by atoms with Crippen LogP contribution >= 0.6 is 0 Å². The SMILES string of the molecule is CCB(CC)[C@@]1(C)C(CC)=C(C)[C@@](CC)(B(CC)CC)[Sn]1([CH3])[CH3]. The molecular formula is C20H42B2Sn. The molecule has 0 bridgehead atoms. The molecule has 1 heterocycles. The molecule has 0 spiro atoms. The second kappa shape index (κ2) is 7.92. The minimum absolute atomic E-state index is 0.551. The number of hydrogen-bond acceptors (Lipinski definition) is 0. The van der Waals surface area contributed by atoms with Crippen molar-refractivity contribution in [3.63, 3.8) is 0 Å². The predicted molar refractivity (Wildman–Crippen MR) is 115 cm³/mol. The Hall–Kier alpha value is 0.669. The maximum absolute atomic E-state index is 2.82. The Morgan fingerprint density at radius 2 is 1.26 bits per heavy atom. The van der Waals surface area contributed by atoms with Gasteiger partial charge >= 0.3 is 153 Å². The molecule has 1 rings (SSSR count). The van der Waals surface area contributed by atoms with Gasteiger partial charge in [-0.15, -0.1) is 0 Å². The molecule has 0 aromatic rings. The molecule has 0 aromatic carbocycles. The van der Waals surface area contributed by atoms with Crippen LogP contribution < -0.4 is 0 Å². The Morgan fingerprint density at radius 1 is 0.826 bits per heavy atom. The van der Waals surface area contributed by atoms with Crippen LogP contribution in [0.15, 0.2) is 11.1 Å². The van der Waals surface area contributed by atoms with Crippen molar-refractivity contribution in [1.29, 1.82) is 0 Å². The molecular weight excluding hydrogens is 381 g/mol. The Balaban J connectivity index is 3.74. The Kier molecular flexibility index (Phi) is 7.47. The molecule has 1 aliphatic rings. The first-order valence-corrected chi connectivity index (χ1v) is 19.0. The zero-order valence-electron chi connectivity index (χ0n) is 17.9. The molecule has 0 fully saturated rings. The van der Waals surface area contributed by atoms with Gasteiger partial charge in [-0.1, -0.05) is 0 Å². The van der Waals surface area contributed by atoms with Crippen LogP contribution in [0.2, 0.25) is 41.8 Å². The van der Waals surface area contributed by atoms with Crippen LogP contribution in [0.1, 0.15) is 68.2 Å². The zero-order chi connectivity index (χ0) is 18.1. The van der Waals surface area contributed by atoms with Crippen molar-refractivity contribution in [1.82, 2.24) is 0 Å². The molecule has 0 saturated heterocycles. The summed E-state index contributed by atoms with van der Waals surface area (Å²) in [5, 5.41) is 0. The molecule has 0 saturated carbocycles. The van der Waals surface area contributed by atoms with E-state index in [0.29, 0.717) is 6.66 Å². The van der Waals surface area contributed by atoms with E-state index in [2.05, 4.69) is 65.3 Å². The Labute approximate surface area is 152 Å². The third-order valence-electron chi connectivity index (χ3n) is 8.56. The molecule has 3 heteroatoms. The van der Waals surface area contributed by atoms with E-state index >= 15 is 0 Å². The van der Waals surface area contributed by atoms with Gasteiger partial charge in [0.1, 0.15) is 0 Å². The van der Waals surface area contributed by atoms with Crippen molar-refractivity contribution in [2.75, 3.05) is 0 Å². The van der Waals surface area contributed by atoms with E-state index in [1.165, 1.54) is 38.1 Å². The van der Waals surface area contributed by atoms with Gasteiger partial charge < -0.3 is 0 Å². The van der Waals surface area contributed by atoms with E-state index in [0.717, 1.165) is 13.4 Å². The van der Waals surface area contributed by atoms with E-state index in [1.807, 2.05) is 11.1 Å². The quantitative estimate of drug-likeness (QED) is 0.280. The van der Waals surface area contributed by atoms with Gasteiger partial charge in [0.05, 0.1) is 0 Å². The molecule has 23 heavy (non-hydrogen) atoms. The molecule has 0 N–H and O–H groups in total. The summed E-state index contributed by atoms with van der Waals surface area (Å²) in [4.78, 5) is 5.64. The summed E-state index contributed by atoms with van der Waals surface area (Å²) in [6.45, 7) is 21.7. The van der Waals surface area contributed by atoms with Crippen LogP contribution in [0.3, 0.4) is 0 Å². The summed E-state index contributed by atoms with van der Waals surface area (Å²) in [5.74, 6) is 0. The van der Waals surface area contributed by atoms with Gasteiger partial charge in [-0.3, -0.25) is 0 Å². The topological polar surface area (TPSA) is 0 Å². The second-order valence-electron chi connectivity index (χ2n) is 8.64. The van der Waals surface area contributed by atoms with Gasteiger partial charge in [-0.25, -0.2) is 0 Å². The molecule has 0 aromatic heterocycles. The monoisotopic (exact) mass is 424 g/mol. The first-order valence-electron chi connectivity index (χ1n) is 10.4. The fourth-order valence-electron chi connectivity index (χ4n) is 7.26. The van der Waals surface area contributed by atoms with Crippen molar-refractivity contribution in [3.05, 3.63) is 11.1 Å². The summed E-state index contributed by atoms with van der Waals surface area (Å²) in [5.41, 5.74) is 3.74. The van der Waals surface area contributed by atoms with Gasteiger partial charge in [0.2, 0.25) is 0 Å². The fourth-order valence-corrected chi connectivity index (χ4v) is 26.9. The standard InChI is InChI=1S/C18H36B2.2CH3.Sn/c1-9-17(16(8)19(11-3)12-4)15(7)18(10-2)20(13-5)14-6;;;/h9-14H2,1-8H3;2*1H3;. The second-order valence-corrected chi connectivity index (χ2v) is 23.4. The summed E-state index contributed by atoms with van der Waals surface area (Å²) in [6, 6.07) is 0. The van der Waals surface area contributed by atoms with Gasteiger partial charge in [0.25, 0.3) is 0 Å². The van der Waals surface area contributed by atoms with Crippen LogP contribution in [-0.2, 0) is 0 Å². The molecule has 0 aliphatic carbocycles. The van der Waals surface area contributed by atoms with Gasteiger partial charge in [-0.05, 0) is 0 Å². The molecule has 0 unspecified atom stereocenters. The van der Waals surface area contributed by atoms with Gasteiger partial charge in [0.15, 0.2) is 0 Å². The predicted octanol–water partition coefficient (Wildman–Crippen LogP) is 7.49. The molecule has 132 valence electrons. The van der Waals surface area contributed by atoms with E-state index in [-0.39, 0.29) is 0 Å². The Morgan fingerprint density at radius 3 is 1.57 bits per heavy atom. The van der Waals surface area contributed by atoms with E-state index in [4.69, 9.17) is 0 Å². The first-order chi connectivity index (χ1) is 10.7. The fraction of sp³-hybridized carbons (Fsp3) is 0.900. The molecule has 0 radical (unpaired) electrons. The van der Waals surface area contributed by atoms with Crippen LogP contribution in [0, 0.1) is 0 Å². The van der Waals surface area contributed by atoms with Crippen molar-refractivity contribution in [2.45, 2.75) is 110 Å². The van der Waals surface area contributed by atoms with Crippen LogP contribution in [-0.4, -0.2) is 31.8 Å². The first kappa shape index (κ1) is 21.7. The van der Waals surface area contributed by atoms with Crippen LogP contribution in [0.5, 0.6) is 0 Å². The van der Waals surface area contributed by atoms with E-state index in [1.54, 1.807) is 0 Å². The summed E-state index contributed by atoms with van der Waals surface area (Å²) in [7, 11) is 0. The maximum atomic E-state index is 2.82. The normalized spacial score (nSPS) is 30.0. The number of hydrogen-bond donors (Lipinski definition) is 0. The average Bonchev–Trinajstić information content (AvgIpc) is 2.65. The van der Waals surface area contributed by atoms with Crippen molar-refractivity contribution >= 4 is 31.8 Å². The van der Waals surface area contributed by atoms with Crippen molar-refractivity contribution < 1.29 is 0 Å². The molecule has 2 atom stereocenters. The summed E-state index contributed by atoms with van der Waals surface area (Å²) < 4.78 is 1.14. The minimum atomic E-state index is -2.44. The van der Waals surface area contributed by atoms with E-state index < -0.39 is 18.4 Å². The number of rotatable bonds is 8. The number of allylic oxidation sites excluding steroid dienone is 2. The van der Waals surface area contributed by atoms with E-state index in [9.17, 15) is 0 Å². The molecule has 1 aliphatic heterocycles. The summed E-state index contributed by atoms with van der Waals surface area (Å²) in [6.07, 6.45) is 8.09. The summed E-state index contributed by atoms with van der Waals surface area (Å²) >= 11 is -2.44. The Bertz CT molecular complexity index is 435. The third-order valence-corrected chi connectivity index (χ3v) is 27.6. The zero-order valence-corrected chi connectivity index (χ0v) is 20.8. The van der Waals surface area contributed by atoms with Crippen LogP contribution in [0.25, 0.3) is 0 Å². The van der Waals surface area contributed by atoms with Gasteiger partial charge in [0, 0.05) is 0 Å². The van der Waals surface area contributed by atoms with Gasteiger partial charge in [-0.2, -0.15) is 0 Å². The van der Waals surface area contributed by atoms with Crippen LogP contribution in [0.4, 0.5) is 0 Å². The average molecular weight is 423 g/mol. The third kappa shape index (κ3) is 2.72.